The molecule has 1 saturated heterocycles. The molecule has 1 heterocycles. The number of ether oxygens (including phenoxy) is 1. The normalized spacial score (nSPS) is 47.3. The lowest BCUT2D eigenvalue weighted by Gasteiger charge is -2.34. The van der Waals surface area contributed by atoms with Crippen LogP contribution in [0.2, 0.25) is 0 Å². The molecule has 2 aliphatic carbocycles. The van der Waals surface area contributed by atoms with Gasteiger partial charge in [-0.15, -0.1) is 0 Å². The Kier molecular flexibility index (Phi) is 2.61. The molecule has 0 amide bonds. The molecule has 0 bridgehead atoms. The molecule has 2 nitrogen and oxygen atoms in total. The van der Waals surface area contributed by atoms with Gasteiger partial charge in [0.1, 0.15) is 0 Å². The summed E-state index contributed by atoms with van der Waals surface area (Å²) in [6.45, 7) is 6.75. The zero-order chi connectivity index (χ0) is 12.3. The maximum Gasteiger partial charge on any atom is 0.0700 e. The van der Waals surface area contributed by atoms with E-state index in [9.17, 15) is 5.11 Å². The fourth-order valence-corrected chi connectivity index (χ4v) is 4.69. The predicted octanol–water partition coefficient (Wildman–Crippen LogP) is 3.13. The van der Waals surface area contributed by atoms with Gasteiger partial charge in [0.2, 0.25) is 0 Å². The van der Waals surface area contributed by atoms with Crippen molar-refractivity contribution < 1.29 is 9.84 Å². The van der Waals surface area contributed by atoms with Crippen LogP contribution in [-0.2, 0) is 4.74 Å². The Balaban J connectivity index is 1.83. The summed E-state index contributed by atoms with van der Waals surface area (Å²) in [7, 11) is 0. The van der Waals surface area contributed by atoms with Crippen LogP contribution >= 0.6 is 0 Å². The number of aliphatic hydroxyl groups is 1. The number of hydrogen-bond donors (Lipinski definition) is 1. The predicted molar refractivity (Wildman–Crippen MR) is 67.7 cm³/mol. The summed E-state index contributed by atoms with van der Waals surface area (Å²) in [6.07, 6.45) is 7.05. The number of rotatable bonds is 1. The lowest BCUT2D eigenvalue weighted by molar-refractivity contribution is -0.103. The molecule has 2 saturated carbocycles. The summed E-state index contributed by atoms with van der Waals surface area (Å²) in [6, 6.07) is 0. The van der Waals surface area contributed by atoms with E-state index in [1.165, 1.54) is 25.7 Å². The van der Waals surface area contributed by atoms with Gasteiger partial charge in [-0.25, -0.2) is 0 Å². The molecular weight excluding hydrogens is 212 g/mol. The fraction of sp³-hybridized carbons (Fsp3) is 1.00. The molecule has 0 aromatic rings. The lowest BCUT2D eigenvalue weighted by atomic mass is 9.82. The summed E-state index contributed by atoms with van der Waals surface area (Å²) < 4.78 is 6.27. The van der Waals surface area contributed by atoms with E-state index < -0.39 is 5.60 Å². The first-order valence-corrected chi connectivity index (χ1v) is 7.31. The third kappa shape index (κ3) is 1.84. The monoisotopic (exact) mass is 238 g/mol. The average Bonchev–Trinajstić information content (AvgIpc) is 2.85. The van der Waals surface area contributed by atoms with E-state index >= 15 is 0 Å². The van der Waals surface area contributed by atoms with Crippen LogP contribution in [0.5, 0.6) is 0 Å². The number of fused-ring (bicyclic) bond motifs is 1. The highest BCUT2D eigenvalue weighted by atomic mass is 16.5. The maximum atomic E-state index is 10.8. The van der Waals surface area contributed by atoms with E-state index in [2.05, 4.69) is 20.8 Å². The van der Waals surface area contributed by atoms with E-state index in [4.69, 9.17) is 4.74 Å². The van der Waals surface area contributed by atoms with Crippen molar-refractivity contribution in [3.63, 3.8) is 0 Å². The zero-order valence-corrected chi connectivity index (χ0v) is 11.4. The molecule has 0 aromatic carbocycles. The molecule has 1 aliphatic heterocycles. The van der Waals surface area contributed by atoms with Crippen molar-refractivity contribution in [3.05, 3.63) is 0 Å². The molecule has 0 aromatic heterocycles. The first-order chi connectivity index (χ1) is 7.91. The van der Waals surface area contributed by atoms with Crippen molar-refractivity contribution in [1.29, 1.82) is 0 Å². The molecule has 17 heavy (non-hydrogen) atoms. The second kappa shape index (κ2) is 3.71. The van der Waals surface area contributed by atoms with Gasteiger partial charge in [-0.1, -0.05) is 19.8 Å². The maximum absolute atomic E-state index is 10.8. The van der Waals surface area contributed by atoms with Crippen LogP contribution in [-0.4, -0.2) is 22.4 Å². The Morgan fingerprint density at radius 3 is 2.47 bits per heavy atom. The van der Waals surface area contributed by atoms with Crippen molar-refractivity contribution in [2.24, 2.45) is 17.8 Å². The van der Waals surface area contributed by atoms with Gasteiger partial charge in [-0.3, -0.25) is 0 Å². The summed E-state index contributed by atoms with van der Waals surface area (Å²) >= 11 is 0. The molecule has 0 radical (unpaired) electrons. The van der Waals surface area contributed by atoms with Gasteiger partial charge in [0.15, 0.2) is 0 Å². The standard InChI is InChI=1S/C15H26O2/c1-10-8-12(15(16)6-4-5-7-15)13-11(10)9-14(2,3)17-13/h10-13,16H,4-9H2,1-3H3. The zero-order valence-electron chi connectivity index (χ0n) is 11.4. The summed E-state index contributed by atoms with van der Waals surface area (Å²) in [5.41, 5.74) is -0.384. The molecule has 2 heteroatoms. The van der Waals surface area contributed by atoms with E-state index in [0.717, 1.165) is 18.8 Å². The second-order valence-electron chi connectivity index (χ2n) is 7.34. The first kappa shape index (κ1) is 12.0. The molecule has 3 aliphatic rings. The van der Waals surface area contributed by atoms with E-state index in [0.29, 0.717) is 17.9 Å². The third-order valence-electron chi connectivity index (χ3n) is 5.52. The molecular formula is C15H26O2. The van der Waals surface area contributed by atoms with Crippen LogP contribution in [0, 0.1) is 17.8 Å². The minimum absolute atomic E-state index is 0.0250. The van der Waals surface area contributed by atoms with Crippen LogP contribution < -0.4 is 0 Å². The van der Waals surface area contributed by atoms with Gasteiger partial charge >= 0.3 is 0 Å². The van der Waals surface area contributed by atoms with Gasteiger partial charge in [-0.2, -0.15) is 0 Å². The van der Waals surface area contributed by atoms with Gasteiger partial charge in [-0.05, 0) is 51.4 Å². The second-order valence-corrected chi connectivity index (χ2v) is 7.34. The largest absolute Gasteiger partial charge is 0.390 e. The van der Waals surface area contributed by atoms with Gasteiger partial charge in [0.25, 0.3) is 0 Å². The van der Waals surface area contributed by atoms with Crippen LogP contribution in [0.15, 0.2) is 0 Å². The van der Waals surface area contributed by atoms with Crippen LogP contribution in [0.4, 0.5) is 0 Å². The fourth-order valence-electron chi connectivity index (χ4n) is 4.69. The molecule has 4 atom stereocenters. The van der Waals surface area contributed by atoms with Gasteiger partial charge < -0.3 is 9.84 Å². The summed E-state index contributed by atoms with van der Waals surface area (Å²) in [5, 5.41) is 10.8. The molecule has 3 rings (SSSR count). The summed E-state index contributed by atoms with van der Waals surface area (Å²) in [4.78, 5) is 0. The van der Waals surface area contributed by atoms with E-state index in [-0.39, 0.29) is 5.60 Å². The van der Waals surface area contributed by atoms with Crippen molar-refractivity contribution in [2.45, 2.75) is 76.6 Å². The Labute approximate surface area is 105 Å². The highest BCUT2D eigenvalue weighted by molar-refractivity contribution is 5.06. The highest BCUT2D eigenvalue weighted by Crippen LogP contribution is 2.55. The number of hydrogen-bond acceptors (Lipinski definition) is 2. The average molecular weight is 238 g/mol. The van der Waals surface area contributed by atoms with E-state index in [1.54, 1.807) is 0 Å². The van der Waals surface area contributed by atoms with Crippen molar-refractivity contribution in [1.82, 2.24) is 0 Å². The van der Waals surface area contributed by atoms with Gasteiger partial charge in [0, 0.05) is 5.92 Å². The smallest absolute Gasteiger partial charge is 0.0700 e. The van der Waals surface area contributed by atoms with Crippen molar-refractivity contribution in [3.8, 4) is 0 Å². The first-order valence-electron chi connectivity index (χ1n) is 7.31. The minimum atomic E-state index is -0.409. The Bertz CT molecular complexity index is 304. The van der Waals surface area contributed by atoms with Crippen molar-refractivity contribution in [2.75, 3.05) is 0 Å². The summed E-state index contributed by atoms with van der Waals surface area (Å²) in [5.74, 6) is 1.79. The topological polar surface area (TPSA) is 29.5 Å². The van der Waals surface area contributed by atoms with Crippen LogP contribution in [0.3, 0.4) is 0 Å². The van der Waals surface area contributed by atoms with Gasteiger partial charge in [0.05, 0.1) is 17.3 Å². The van der Waals surface area contributed by atoms with Crippen molar-refractivity contribution >= 4 is 0 Å². The quantitative estimate of drug-likeness (QED) is 0.760. The Morgan fingerprint density at radius 2 is 1.82 bits per heavy atom. The van der Waals surface area contributed by atoms with Crippen LogP contribution in [0.1, 0.15) is 59.3 Å². The Morgan fingerprint density at radius 1 is 1.18 bits per heavy atom. The molecule has 4 unspecified atom stereocenters. The molecule has 1 N–H and O–H groups in total. The molecule has 98 valence electrons. The highest BCUT2D eigenvalue weighted by Gasteiger charge is 2.57. The van der Waals surface area contributed by atoms with E-state index in [1.807, 2.05) is 0 Å². The Hall–Kier alpha value is -0.0800. The third-order valence-corrected chi connectivity index (χ3v) is 5.52. The van der Waals surface area contributed by atoms with Crippen LogP contribution in [0.25, 0.3) is 0 Å². The SMILES string of the molecule is CC1CC(C2(O)CCCC2)C2OC(C)(C)CC12. The minimum Gasteiger partial charge on any atom is -0.390 e. The molecule has 0 spiro atoms. The molecule has 3 fully saturated rings. The lowest BCUT2D eigenvalue weighted by Crippen LogP contribution is -2.41.